The van der Waals surface area contributed by atoms with Crippen molar-refractivity contribution in [1.82, 2.24) is 8.96 Å². The van der Waals surface area contributed by atoms with Gasteiger partial charge in [0, 0.05) is 35.8 Å². The second-order valence-electron chi connectivity index (χ2n) is 5.92. The maximum absolute atomic E-state index is 13.3. The Morgan fingerprint density at radius 1 is 1.14 bits per heavy atom. The Bertz CT molecular complexity index is 1200. The van der Waals surface area contributed by atoms with Crippen LogP contribution < -0.4 is 10.6 Å². The Labute approximate surface area is 156 Å². The van der Waals surface area contributed by atoms with Gasteiger partial charge in [-0.1, -0.05) is 0 Å². The highest BCUT2D eigenvalue weighted by Gasteiger charge is 2.28. The van der Waals surface area contributed by atoms with Gasteiger partial charge in [-0.3, -0.25) is 4.79 Å². The average Bonchev–Trinajstić information content (AvgIpc) is 3.10. The quantitative estimate of drug-likeness (QED) is 0.636. The van der Waals surface area contributed by atoms with Crippen molar-refractivity contribution in [2.75, 3.05) is 10.6 Å². The Morgan fingerprint density at radius 2 is 1.86 bits per heavy atom. The molecule has 1 aromatic heterocycles. The Kier molecular flexibility index (Phi) is 4.11. The van der Waals surface area contributed by atoms with Gasteiger partial charge in [0.1, 0.15) is 10.7 Å². The van der Waals surface area contributed by atoms with Gasteiger partial charge in [-0.05, 0) is 18.2 Å². The van der Waals surface area contributed by atoms with Crippen LogP contribution in [0.15, 0.2) is 47.6 Å². The fourth-order valence-corrected chi connectivity index (χ4v) is 4.31. The predicted molar refractivity (Wildman–Crippen MR) is 92.8 cm³/mol. The van der Waals surface area contributed by atoms with E-state index in [1.807, 2.05) is 0 Å². The number of nitrogens with one attached hydrogen (secondary N) is 2. The first-order valence-electron chi connectivity index (χ1n) is 7.89. The van der Waals surface area contributed by atoms with Gasteiger partial charge >= 0.3 is 0 Å². The number of aromatic nitrogens is 2. The number of hydrogen-bond acceptors (Lipinski definition) is 5. The first kappa shape index (κ1) is 18.0. The molecule has 4 rings (SSSR count). The molecule has 1 amide bonds. The lowest BCUT2D eigenvalue weighted by atomic mass is 10.2. The zero-order chi connectivity index (χ0) is 20.1. The van der Waals surface area contributed by atoms with Crippen molar-refractivity contribution in [3.05, 3.63) is 71.6 Å². The van der Waals surface area contributed by atoms with Gasteiger partial charge in [0.2, 0.25) is 0 Å². The van der Waals surface area contributed by atoms with Crippen molar-refractivity contribution in [2.45, 2.75) is 11.4 Å². The van der Waals surface area contributed by atoms with Crippen molar-refractivity contribution in [2.24, 2.45) is 0 Å². The van der Waals surface area contributed by atoms with Crippen LogP contribution in [0.5, 0.6) is 0 Å². The summed E-state index contributed by atoms with van der Waals surface area (Å²) >= 11 is 0. The molecule has 144 valence electrons. The van der Waals surface area contributed by atoms with Crippen molar-refractivity contribution in [3.8, 4) is 0 Å². The molecule has 0 spiro atoms. The topological polar surface area (TPSA) is 93.1 Å². The Morgan fingerprint density at radius 3 is 2.57 bits per heavy atom. The first-order valence-corrected chi connectivity index (χ1v) is 9.33. The van der Waals surface area contributed by atoms with Gasteiger partial charge in [-0.25, -0.2) is 30.5 Å². The minimum absolute atomic E-state index is 0.0715. The molecule has 0 radical (unpaired) electrons. The summed E-state index contributed by atoms with van der Waals surface area (Å²) in [4.78, 5) is 16.2. The molecule has 1 aliphatic rings. The maximum Gasteiger partial charge on any atom is 0.271 e. The van der Waals surface area contributed by atoms with Crippen LogP contribution in [-0.2, 0) is 16.6 Å². The number of anilines is 2. The lowest BCUT2D eigenvalue weighted by Crippen LogP contribution is -2.16. The van der Waals surface area contributed by atoms with Crippen molar-refractivity contribution < 1.29 is 26.4 Å². The third kappa shape index (κ3) is 2.89. The van der Waals surface area contributed by atoms with E-state index in [-0.39, 0.29) is 34.2 Å². The minimum Gasteiger partial charge on any atom is -0.377 e. The molecule has 7 nitrogen and oxygen atoms in total. The fraction of sp³-hybridized carbons (Fsp3) is 0.0588. The Hall–Kier alpha value is -3.34. The normalized spacial score (nSPS) is 14.4. The molecule has 0 unspecified atom stereocenters. The molecule has 2 N–H and O–H groups in total. The standard InChI is InChI=1S/C17H11F3N4O3S/c18-11-6-10(7-12(19)16(11)20)23-17(25)9-1-2-13-14(5-9)28(26,27)24-4-3-21-15(24)8-22-13/h1-7,22H,8H2,(H,23,25). The molecule has 0 atom stereocenters. The highest BCUT2D eigenvalue weighted by molar-refractivity contribution is 7.90. The van der Waals surface area contributed by atoms with Crippen LogP contribution >= 0.6 is 0 Å². The molecular weight excluding hydrogens is 397 g/mol. The van der Waals surface area contributed by atoms with Crippen LogP contribution in [0.2, 0.25) is 0 Å². The van der Waals surface area contributed by atoms with E-state index in [4.69, 9.17) is 0 Å². The van der Waals surface area contributed by atoms with E-state index in [0.717, 1.165) is 10.0 Å². The van der Waals surface area contributed by atoms with Gasteiger partial charge in [-0.2, -0.15) is 0 Å². The molecule has 0 aliphatic carbocycles. The van der Waals surface area contributed by atoms with Crippen LogP contribution in [-0.4, -0.2) is 23.3 Å². The number of carbonyl (C=O) groups excluding carboxylic acids is 1. The predicted octanol–water partition coefficient (Wildman–Crippen LogP) is 2.72. The van der Waals surface area contributed by atoms with Gasteiger partial charge < -0.3 is 10.6 Å². The summed E-state index contributed by atoms with van der Waals surface area (Å²) in [6.45, 7) is 0.166. The third-order valence-electron chi connectivity index (χ3n) is 4.14. The fourth-order valence-electron chi connectivity index (χ4n) is 2.80. The minimum atomic E-state index is -4.00. The van der Waals surface area contributed by atoms with E-state index < -0.39 is 33.4 Å². The summed E-state index contributed by atoms with van der Waals surface area (Å²) in [5.74, 6) is -5.12. The van der Waals surface area contributed by atoms with Crippen molar-refractivity contribution in [3.63, 3.8) is 0 Å². The molecule has 0 bridgehead atoms. The number of nitrogens with zero attached hydrogens (tertiary/aromatic N) is 2. The van der Waals surface area contributed by atoms with E-state index in [0.29, 0.717) is 12.1 Å². The molecule has 0 saturated heterocycles. The number of imidazole rings is 1. The van der Waals surface area contributed by atoms with Crippen LogP contribution in [0.1, 0.15) is 16.2 Å². The lowest BCUT2D eigenvalue weighted by Gasteiger charge is -2.11. The summed E-state index contributed by atoms with van der Waals surface area (Å²) < 4.78 is 66.4. The summed E-state index contributed by atoms with van der Waals surface area (Å²) in [5, 5.41) is 5.14. The van der Waals surface area contributed by atoms with Gasteiger partial charge in [-0.15, -0.1) is 0 Å². The molecule has 11 heteroatoms. The number of halogens is 3. The van der Waals surface area contributed by atoms with E-state index in [9.17, 15) is 26.4 Å². The van der Waals surface area contributed by atoms with E-state index >= 15 is 0 Å². The molecule has 0 saturated carbocycles. The van der Waals surface area contributed by atoms with E-state index in [1.165, 1.54) is 24.5 Å². The molecule has 1 aliphatic heterocycles. The summed E-state index contributed by atoms with van der Waals surface area (Å²) in [5.41, 5.74) is -0.104. The summed E-state index contributed by atoms with van der Waals surface area (Å²) in [7, 11) is -4.00. The highest BCUT2D eigenvalue weighted by Crippen LogP contribution is 2.29. The van der Waals surface area contributed by atoms with Crippen LogP contribution in [0.25, 0.3) is 0 Å². The molecule has 2 aromatic carbocycles. The number of carbonyl (C=O) groups is 1. The number of benzene rings is 2. The second kappa shape index (κ2) is 6.37. The SMILES string of the molecule is O=C(Nc1cc(F)c(F)c(F)c1)c1ccc2c(c1)S(=O)(=O)n1ccnc1CN2. The number of rotatable bonds is 2. The second-order valence-corrected chi connectivity index (χ2v) is 7.70. The highest BCUT2D eigenvalue weighted by atomic mass is 32.2. The zero-order valence-electron chi connectivity index (χ0n) is 13.9. The number of fused-ring (bicyclic) bond motifs is 2. The van der Waals surface area contributed by atoms with Crippen LogP contribution in [0.3, 0.4) is 0 Å². The third-order valence-corrected chi connectivity index (χ3v) is 5.88. The smallest absolute Gasteiger partial charge is 0.271 e. The molecule has 28 heavy (non-hydrogen) atoms. The number of hydrogen-bond donors (Lipinski definition) is 2. The van der Waals surface area contributed by atoms with Crippen molar-refractivity contribution >= 4 is 27.3 Å². The van der Waals surface area contributed by atoms with E-state index in [2.05, 4.69) is 15.6 Å². The summed E-state index contributed by atoms with van der Waals surface area (Å²) in [6.07, 6.45) is 2.63. The van der Waals surface area contributed by atoms with Gasteiger partial charge in [0.05, 0.1) is 12.2 Å². The lowest BCUT2D eigenvalue weighted by molar-refractivity contribution is 0.102. The summed E-state index contributed by atoms with van der Waals surface area (Å²) in [6, 6.07) is 5.13. The molecular formula is C17H11F3N4O3S. The zero-order valence-corrected chi connectivity index (χ0v) is 14.7. The van der Waals surface area contributed by atoms with Gasteiger partial charge in [0.25, 0.3) is 15.9 Å². The van der Waals surface area contributed by atoms with Gasteiger partial charge in [0.15, 0.2) is 17.5 Å². The average molecular weight is 408 g/mol. The monoisotopic (exact) mass is 408 g/mol. The molecule has 0 fully saturated rings. The largest absolute Gasteiger partial charge is 0.377 e. The molecule has 2 heterocycles. The number of amides is 1. The first-order chi connectivity index (χ1) is 13.3. The van der Waals surface area contributed by atoms with Crippen LogP contribution in [0, 0.1) is 17.5 Å². The Balaban J connectivity index is 1.71. The molecule has 3 aromatic rings. The van der Waals surface area contributed by atoms with Crippen molar-refractivity contribution in [1.29, 1.82) is 0 Å². The van der Waals surface area contributed by atoms with E-state index in [1.54, 1.807) is 0 Å². The maximum atomic E-state index is 13.3. The van der Waals surface area contributed by atoms with Crippen LogP contribution in [0.4, 0.5) is 24.5 Å².